The maximum absolute atomic E-state index is 5.44. The predicted octanol–water partition coefficient (Wildman–Crippen LogP) is 4.66. The summed E-state index contributed by atoms with van der Waals surface area (Å²) in [4.78, 5) is 9.23. The van der Waals surface area contributed by atoms with Gasteiger partial charge in [0, 0.05) is 29.4 Å². The Labute approximate surface area is 166 Å². The highest BCUT2D eigenvalue weighted by Gasteiger charge is 2.14. The lowest BCUT2D eigenvalue weighted by atomic mass is 10.1. The Kier molecular flexibility index (Phi) is 4.21. The number of hydrogen-bond acceptors (Lipinski definition) is 8. The standard InChI is InChI=1S/C21H17N5O3/c1-13-9-20(26-29-13)24-19-11-16(14-5-3-2-4-6-14)23-21(25-19)22-15-7-8-17-18(10-15)28-12-27-17/h2-11H,12H2,1H3,(H2,22,23,24,25,26). The van der Waals surface area contributed by atoms with Crippen LogP contribution in [0.3, 0.4) is 0 Å². The first-order valence-electron chi connectivity index (χ1n) is 9.04. The van der Waals surface area contributed by atoms with Gasteiger partial charge in [-0.05, 0) is 19.1 Å². The zero-order valence-electron chi connectivity index (χ0n) is 15.5. The van der Waals surface area contributed by atoms with Crippen LogP contribution >= 0.6 is 0 Å². The van der Waals surface area contributed by atoms with Gasteiger partial charge in [-0.25, -0.2) is 4.98 Å². The van der Waals surface area contributed by atoms with E-state index >= 15 is 0 Å². The fourth-order valence-electron chi connectivity index (χ4n) is 2.98. The average Bonchev–Trinajstić information content (AvgIpc) is 3.37. The molecule has 0 amide bonds. The molecule has 3 heterocycles. The van der Waals surface area contributed by atoms with Gasteiger partial charge in [0.2, 0.25) is 12.7 Å². The first-order valence-corrected chi connectivity index (χ1v) is 9.04. The minimum absolute atomic E-state index is 0.226. The molecule has 1 aliphatic heterocycles. The first kappa shape index (κ1) is 17.1. The zero-order chi connectivity index (χ0) is 19.6. The van der Waals surface area contributed by atoms with Crippen LogP contribution in [0.5, 0.6) is 11.5 Å². The normalized spacial score (nSPS) is 12.0. The Bertz CT molecular complexity index is 1160. The van der Waals surface area contributed by atoms with Crippen molar-refractivity contribution in [2.45, 2.75) is 6.92 Å². The van der Waals surface area contributed by atoms with E-state index in [1.807, 2.05) is 61.5 Å². The Balaban J connectivity index is 1.50. The number of fused-ring (bicyclic) bond motifs is 1. The van der Waals surface area contributed by atoms with E-state index in [0.29, 0.717) is 29.1 Å². The smallest absolute Gasteiger partial charge is 0.231 e. The van der Waals surface area contributed by atoms with Crippen molar-refractivity contribution in [1.82, 2.24) is 15.1 Å². The number of nitrogens with one attached hydrogen (secondary N) is 2. The summed E-state index contributed by atoms with van der Waals surface area (Å²) in [6.07, 6.45) is 0. The van der Waals surface area contributed by atoms with Gasteiger partial charge in [-0.2, -0.15) is 4.98 Å². The van der Waals surface area contributed by atoms with Crippen molar-refractivity contribution >= 4 is 23.3 Å². The van der Waals surface area contributed by atoms with Gasteiger partial charge in [-0.15, -0.1) is 0 Å². The summed E-state index contributed by atoms with van der Waals surface area (Å²) >= 11 is 0. The van der Waals surface area contributed by atoms with Crippen molar-refractivity contribution in [1.29, 1.82) is 0 Å². The van der Waals surface area contributed by atoms with Crippen LogP contribution in [-0.4, -0.2) is 21.9 Å². The number of aryl methyl sites for hydroxylation is 1. The highest BCUT2D eigenvalue weighted by atomic mass is 16.7. The largest absolute Gasteiger partial charge is 0.454 e. The second-order valence-corrected chi connectivity index (χ2v) is 6.47. The minimum Gasteiger partial charge on any atom is -0.454 e. The summed E-state index contributed by atoms with van der Waals surface area (Å²) in [7, 11) is 0. The summed E-state index contributed by atoms with van der Waals surface area (Å²) in [6.45, 7) is 2.06. The van der Waals surface area contributed by atoms with E-state index in [0.717, 1.165) is 22.7 Å². The summed E-state index contributed by atoms with van der Waals surface area (Å²) < 4.78 is 15.9. The molecule has 0 saturated carbocycles. The van der Waals surface area contributed by atoms with Crippen LogP contribution in [0.1, 0.15) is 5.76 Å². The Morgan fingerprint density at radius 1 is 0.828 bits per heavy atom. The number of anilines is 4. The molecule has 8 nitrogen and oxygen atoms in total. The van der Waals surface area contributed by atoms with Gasteiger partial charge in [0.25, 0.3) is 0 Å². The molecule has 0 saturated heterocycles. The molecule has 0 unspecified atom stereocenters. The van der Waals surface area contributed by atoms with Crippen LogP contribution in [0, 0.1) is 6.92 Å². The Morgan fingerprint density at radius 2 is 1.69 bits per heavy atom. The summed E-state index contributed by atoms with van der Waals surface area (Å²) in [5, 5.41) is 10.4. The third-order valence-electron chi connectivity index (χ3n) is 4.31. The lowest BCUT2D eigenvalue weighted by Crippen LogP contribution is -2.02. The maximum atomic E-state index is 5.44. The molecule has 4 aromatic rings. The molecule has 2 N–H and O–H groups in total. The molecule has 0 aliphatic carbocycles. The van der Waals surface area contributed by atoms with Crippen LogP contribution < -0.4 is 20.1 Å². The predicted molar refractivity (Wildman–Crippen MR) is 108 cm³/mol. The molecule has 2 aromatic heterocycles. The number of hydrogen-bond donors (Lipinski definition) is 2. The lowest BCUT2D eigenvalue weighted by molar-refractivity contribution is 0.174. The van der Waals surface area contributed by atoms with Crippen molar-refractivity contribution in [3.63, 3.8) is 0 Å². The molecule has 0 atom stereocenters. The minimum atomic E-state index is 0.226. The molecule has 0 spiro atoms. The third kappa shape index (κ3) is 3.68. The van der Waals surface area contributed by atoms with Crippen molar-refractivity contribution in [3.8, 4) is 22.8 Å². The van der Waals surface area contributed by atoms with Gasteiger partial charge in [0.05, 0.1) is 5.69 Å². The molecule has 5 rings (SSSR count). The Hall–Kier alpha value is -4.07. The molecule has 29 heavy (non-hydrogen) atoms. The van der Waals surface area contributed by atoms with E-state index in [-0.39, 0.29) is 6.79 Å². The van der Waals surface area contributed by atoms with E-state index in [1.165, 1.54) is 0 Å². The van der Waals surface area contributed by atoms with Crippen LogP contribution in [0.25, 0.3) is 11.3 Å². The van der Waals surface area contributed by atoms with Gasteiger partial charge >= 0.3 is 0 Å². The summed E-state index contributed by atoms with van der Waals surface area (Å²) in [6, 6.07) is 19.2. The average molecular weight is 387 g/mol. The van der Waals surface area contributed by atoms with E-state index in [2.05, 4.69) is 25.8 Å². The van der Waals surface area contributed by atoms with Crippen LogP contribution in [0.15, 0.2) is 65.2 Å². The van der Waals surface area contributed by atoms with Crippen molar-refractivity contribution in [2.24, 2.45) is 0 Å². The number of rotatable bonds is 5. The topological polar surface area (TPSA) is 94.3 Å². The van der Waals surface area contributed by atoms with Gasteiger partial charge in [0.15, 0.2) is 17.3 Å². The number of aromatic nitrogens is 3. The van der Waals surface area contributed by atoms with Crippen LogP contribution in [0.4, 0.5) is 23.3 Å². The molecule has 8 heteroatoms. The second-order valence-electron chi connectivity index (χ2n) is 6.47. The second kappa shape index (κ2) is 7.16. The first-order chi connectivity index (χ1) is 14.2. The highest BCUT2D eigenvalue weighted by molar-refractivity contribution is 5.68. The summed E-state index contributed by atoms with van der Waals surface area (Å²) in [5.41, 5.74) is 2.54. The summed E-state index contributed by atoms with van der Waals surface area (Å²) in [5.74, 6) is 3.73. The fourth-order valence-corrected chi connectivity index (χ4v) is 2.98. The molecule has 1 aliphatic rings. The molecule has 144 valence electrons. The third-order valence-corrected chi connectivity index (χ3v) is 4.31. The molecule has 2 aromatic carbocycles. The monoisotopic (exact) mass is 387 g/mol. The van der Waals surface area contributed by atoms with Gasteiger partial charge in [-0.3, -0.25) is 0 Å². The van der Waals surface area contributed by atoms with Crippen molar-refractivity contribution in [2.75, 3.05) is 17.4 Å². The molecular formula is C21H17N5O3. The molecule has 0 radical (unpaired) electrons. The number of benzene rings is 2. The molecule has 0 bridgehead atoms. The van der Waals surface area contributed by atoms with E-state index < -0.39 is 0 Å². The molecular weight excluding hydrogens is 370 g/mol. The van der Waals surface area contributed by atoms with Crippen LogP contribution in [0.2, 0.25) is 0 Å². The van der Waals surface area contributed by atoms with E-state index in [1.54, 1.807) is 6.07 Å². The van der Waals surface area contributed by atoms with Gasteiger partial charge in [-0.1, -0.05) is 35.5 Å². The van der Waals surface area contributed by atoms with Crippen molar-refractivity contribution in [3.05, 3.63) is 66.4 Å². The number of nitrogens with zero attached hydrogens (tertiary/aromatic N) is 3. The van der Waals surface area contributed by atoms with Crippen LogP contribution in [-0.2, 0) is 0 Å². The van der Waals surface area contributed by atoms with E-state index in [4.69, 9.17) is 14.0 Å². The lowest BCUT2D eigenvalue weighted by Gasteiger charge is -2.11. The highest BCUT2D eigenvalue weighted by Crippen LogP contribution is 2.35. The van der Waals surface area contributed by atoms with Crippen molar-refractivity contribution < 1.29 is 14.0 Å². The quantitative estimate of drug-likeness (QED) is 0.511. The van der Waals surface area contributed by atoms with Gasteiger partial charge in [0.1, 0.15) is 11.6 Å². The SMILES string of the molecule is Cc1cc(Nc2cc(-c3ccccc3)nc(Nc3ccc4c(c3)OCO4)n2)no1. The fraction of sp³-hybridized carbons (Fsp3) is 0.0952. The van der Waals surface area contributed by atoms with Gasteiger partial charge < -0.3 is 24.6 Å². The number of ether oxygens (including phenoxy) is 2. The molecule has 0 fully saturated rings. The zero-order valence-corrected chi connectivity index (χ0v) is 15.5. The maximum Gasteiger partial charge on any atom is 0.231 e. The Morgan fingerprint density at radius 3 is 2.52 bits per heavy atom. The van der Waals surface area contributed by atoms with E-state index in [9.17, 15) is 0 Å².